The Bertz CT molecular complexity index is 623. The molecule has 1 aliphatic rings. The van der Waals surface area contributed by atoms with Crippen LogP contribution in [0, 0.1) is 0 Å². The fourth-order valence-electron chi connectivity index (χ4n) is 2.04. The van der Waals surface area contributed by atoms with E-state index < -0.39 is 12.0 Å². The molecule has 0 saturated carbocycles. The molecule has 0 aliphatic carbocycles. The number of hydrogen-bond donors (Lipinski definition) is 0. The molecule has 20 heavy (non-hydrogen) atoms. The van der Waals surface area contributed by atoms with Gasteiger partial charge in [0.1, 0.15) is 10.8 Å². The average Bonchev–Trinajstić information content (AvgIpc) is 2.94. The van der Waals surface area contributed by atoms with Gasteiger partial charge in [-0.05, 0) is 11.6 Å². The summed E-state index contributed by atoms with van der Waals surface area (Å²) in [4.78, 5) is 1.93. The van der Waals surface area contributed by atoms with E-state index in [9.17, 15) is 13.2 Å². The minimum Gasteiger partial charge on any atom is -0.305 e. The van der Waals surface area contributed by atoms with Crippen LogP contribution >= 0.6 is 22.9 Å². The first kappa shape index (κ1) is 13.7. The van der Waals surface area contributed by atoms with Crippen molar-refractivity contribution < 1.29 is 13.2 Å². The highest BCUT2D eigenvalue weighted by molar-refractivity contribution is 7.15. The number of alkyl halides is 3. The summed E-state index contributed by atoms with van der Waals surface area (Å²) in [5.41, 5.74) is 0. The van der Waals surface area contributed by atoms with Gasteiger partial charge in [0.05, 0.1) is 13.1 Å². The Hall–Kier alpha value is -1.26. The molecular weight excluding hydrogens is 317 g/mol. The molecule has 0 bridgehead atoms. The van der Waals surface area contributed by atoms with Gasteiger partial charge in [0, 0.05) is 13.1 Å². The molecule has 1 aliphatic heterocycles. The molecule has 108 valence electrons. The highest BCUT2D eigenvalue weighted by atomic mass is 35.5. The summed E-state index contributed by atoms with van der Waals surface area (Å²) in [5.74, 6) is -0.634. The third-order valence-corrected chi connectivity index (χ3v) is 3.89. The highest BCUT2D eigenvalue weighted by Crippen LogP contribution is 2.29. The minimum absolute atomic E-state index is 0.198. The lowest BCUT2D eigenvalue weighted by Crippen LogP contribution is -2.34. The first-order valence-electron chi connectivity index (χ1n) is 5.63. The van der Waals surface area contributed by atoms with Crippen LogP contribution in [0.1, 0.15) is 16.7 Å². The number of rotatable bonds is 2. The van der Waals surface area contributed by atoms with Crippen molar-refractivity contribution in [1.82, 2.24) is 29.9 Å². The van der Waals surface area contributed by atoms with Crippen LogP contribution in [0.5, 0.6) is 0 Å². The fraction of sp³-hybridized carbons (Fsp3) is 0.556. The Balaban J connectivity index is 1.75. The van der Waals surface area contributed by atoms with Crippen molar-refractivity contribution in [3.8, 4) is 0 Å². The fourth-order valence-corrected chi connectivity index (χ4v) is 2.95. The highest BCUT2D eigenvalue weighted by Gasteiger charge is 2.39. The monoisotopic (exact) mass is 324 g/mol. The maximum atomic E-state index is 12.7. The molecule has 2 aromatic rings. The minimum atomic E-state index is -4.47. The normalized spacial score (nSPS) is 16.4. The lowest BCUT2D eigenvalue weighted by molar-refractivity contribution is -0.148. The molecule has 0 unspecified atom stereocenters. The van der Waals surface area contributed by atoms with Gasteiger partial charge in [-0.15, -0.1) is 20.4 Å². The summed E-state index contributed by atoms with van der Waals surface area (Å²) in [6.45, 7) is 1.44. The molecule has 0 spiro atoms. The lowest BCUT2D eigenvalue weighted by atomic mass is 10.3. The zero-order valence-electron chi connectivity index (χ0n) is 9.93. The first-order chi connectivity index (χ1) is 9.43. The summed E-state index contributed by atoms with van der Waals surface area (Å²) < 4.78 is 39.5. The molecule has 0 radical (unpaired) electrons. The number of hydrogen-bond acceptors (Lipinski definition) is 6. The van der Waals surface area contributed by atoms with E-state index in [4.69, 9.17) is 11.6 Å². The molecule has 2 aromatic heterocycles. The van der Waals surface area contributed by atoms with Gasteiger partial charge in [-0.25, -0.2) is 0 Å². The van der Waals surface area contributed by atoms with Crippen molar-refractivity contribution in [3.05, 3.63) is 21.1 Å². The molecule has 0 aromatic carbocycles. The van der Waals surface area contributed by atoms with Gasteiger partial charge >= 0.3 is 6.18 Å². The Morgan fingerprint density at radius 1 is 1.15 bits per heavy atom. The number of aromatic nitrogens is 5. The van der Waals surface area contributed by atoms with E-state index in [1.807, 2.05) is 4.90 Å². The van der Waals surface area contributed by atoms with Crippen LogP contribution in [0.15, 0.2) is 0 Å². The molecule has 11 heteroatoms. The van der Waals surface area contributed by atoms with Crippen molar-refractivity contribution in [2.24, 2.45) is 0 Å². The van der Waals surface area contributed by atoms with E-state index in [-0.39, 0.29) is 6.54 Å². The predicted octanol–water partition coefficient (Wildman–Crippen LogP) is 1.82. The standard InChI is InChI=1S/C9H8ClF3N6S/c10-8-17-15-6(20-8)4-18-1-2-19-5(3-18)14-16-7(19)9(11,12)13/h1-4H2. The molecule has 6 nitrogen and oxygen atoms in total. The zero-order valence-corrected chi connectivity index (χ0v) is 11.5. The van der Waals surface area contributed by atoms with Crippen LogP contribution < -0.4 is 0 Å². The molecule has 3 rings (SSSR count). The van der Waals surface area contributed by atoms with Gasteiger partial charge in [-0.2, -0.15) is 13.2 Å². The lowest BCUT2D eigenvalue weighted by Gasteiger charge is -2.26. The largest absolute Gasteiger partial charge is 0.451 e. The van der Waals surface area contributed by atoms with Gasteiger partial charge < -0.3 is 4.57 Å². The summed E-state index contributed by atoms with van der Waals surface area (Å²) in [5, 5.41) is 15.1. The van der Waals surface area contributed by atoms with E-state index >= 15 is 0 Å². The van der Waals surface area contributed by atoms with E-state index in [2.05, 4.69) is 20.4 Å². The van der Waals surface area contributed by atoms with Crippen molar-refractivity contribution >= 4 is 22.9 Å². The maximum absolute atomic E-state index is 12.7. The van der Waals surface area contributed by atoms with E-state index in [0.717, 1.165) is 9.57 Å². The maximum Gasteiger partial charge on any atom is 0.451 e. The topological polar surface area (TPSA) is 59.7 Å². The zero-order chi connectivity index (χ0) is 14.3. The molecule has 0 amide bonds. The van der Waals surface area contributed by atoms with Crippen LogP contribution in [0.3, 0.4) is 0 Å². The SMILES string of the molecule is FC(F)(F)c1nnc2n1CCN(Cc1nnc(Cl)s1)C2. The molecule has 0 saturated heterocycles. The molecule has 0 N–H and O–H groups in total. The number of fused-ring (bicyclic) bond motifs is 1. The van der Waals surface area contributed by atoms with Crippen LogP contribution in [0.25, 0.3) is 0 Å². The van der Waals surface area contributed by atoms with Gasteiger partial charge in [0.15, 0.2) is 0 Å². The van der Waals surface area contributed by atoms with Gasteiger partial charge in [0.25, 0.3) is 0 Å². The van der Waals surface area contributed by atoms with Gasteiger partial charge in [-0.3, -0.25) is 4.90 Å². The second kappa shape index (κ2) is 4.93. The second-order valence-electron chi connectivity index (χ2n) is 4.25. The van der Waals surface area contributed by atoms with Crippen LogP contribution in [-0.4, -0.2) is 36.4 Å². The molecule has 3 heterocycles. The summed E-state index contributed by atoms with van der Waals surface area (Å²) in [7, 11) is 0. The van der Waals surface area contributed by atoms with Crippen molar-refractivity contribution in [1.29, 1.82) is 0 Å². The molecule has 0 atom stereocenters. The van der Waals surface area contributed by atoms with E-state index in [1.165, 1.54) is 11.3 Å². The van der Waals surface area contributed by atoms with Crippen LogP contribution in [0.4, 0.5) is 13.2 Å². The van der Waals surface area contributed by atoms with Gasteiger partial charge in [0.2, 0.25) is 10.3 Å². The Morgan fingerprint density at radius 3 is 2.60 bits per heavy atom. The van der Waals surface area contributed by atoms with Crippen molar-refractivity contribution in [3.63, 3.8) is 0 Å². The van der Waals surface area contributed by atoms with Crippen LogP contribution in [0.2, 0.25) is 4.47 Å². The Morgan fingerprint density at radius 2 is 1.95 bits per heavy atom. The summed E-state index contributed by atoms with van der Waals surface area (Å²) in [6, 6.07) is 0. The molecule has 0 fully saturated rings. The quantitative estimate of drug-likeness (QED) is 0.843. The van der Waals surface area contributed by atoms with E-state index in [1.54, 1.807) is 0 Å². The second-order valence-corrected chi connectivity index (χ2v) is 5.89. The third-order valence-electron chi connectivity index (χ3n) is 2.89. The Labute approximate surface area is 120 Å². The summed E-state index contributed by atoms with van der Waals surface area (Å²) >= 11 is 6.94. The third kappa shape index (κ3) is 2.63. The van der Waals surface area contributed by atoms with Crippen LogP contribution in [-0.2, 0) is 25.8 Å². The molecular formula is C9H8ClF3N6S. The van der Waals surface area contributed by atoms with Crippen molar-refractivity contribution in [2.75, 3.05) is 6.54 Å². The van der Waals surface area contributed by atoms with Crippen molar-refractivity contribution in [2.45, 2.75) is 25.8 Å². The smallest absolute Gasteiger partial charge is 0.305 e. The average molecular weight is 325 g/mol. The van der Waals surface area contributed by atoms with Gasteiger partial charge in [-0.1, -0.05) is 11.3 Å². The Kier molecular flexibility index (Phi) is 3.38. The first-order valence-corrected chi connectivity index (χ1v) is 6.82. The predicted molar refractivity (Wildman–Crippen MR) is 64.1 cm³/mol. The number of nitrogens with zero attached hydrogens (tertiary/aromatic N) is 6. The summed E-state index contributed by atoms with van der Waals surface area (Å²) in [6.07, 6.45) is -4.47. The van der Waals surface area contributed by atoms with E-state index in [0.29, 0.717) is 29.9 Å². The number of halogens is 4.